The smallest absolute Gasteiger partial charge is 0.133 e. The Hall–Kier alpha value is -1.03. The van der Waals surface area contributed by atoms with Gasteiger partial charge < -0.3 is 10.1 Å². The third-order valence-electron chi connectivity index (χ3n) is 4.28. The minimum absolute atomic E-state index is 0. The molecule has 1 aliphatic heterocycles. The topological polar surface area (TPSA) is 21.3 Å². The number of halogens is 2. The number of piperidine rings is 1. The fraction of sp³-hybridized carbons (Fsp3) is 0.368. The lowest BCUT2D eigenvalue weighted by molar-refractivity contribution is 0.251. The maximum absolute atomic E-state index is 5.96. The molecule has 0 unspecified atom stereocenters. The molecule has 1 saturated heterocycles. The molecule has 0 atom stereocenters. The molecular weight excluding hydrogens is 374 g/mol. The van der Waals surface area contributed by atoms with Gasteiger partial charge >= 0.3 is 0 Å². The molecule has 1 N–H and O–H groups in total. The monoisotopic (exact) mass is 395 g/mol. The Morgan fingerprint density at radius 1 is 1.00 bits per heavy atom. The average molecular weight is 397 g/mol. The molecule has 3 rings (SSSR count). The van der Waals surface area contributed by atoms with Crippen LogP contribution in [0.1, 0.15) is 19.3 Å². The molecule has 1 aliphatic rings. The highest BCUT2D eigenvalue weighted by Gasteiger charge is 2.13. The summed E-state index contributed by atoms with van der Waals surface area (Å²) in [6.45, 7) is 3.11. The Kier molecular flexibility index (Phi) is 7.41. The second kappa shape index (κ2) is 9.31. The van der Waals surface area contributed by atoms with E-state index in [4.69, 9.17) is 4.74 Å². The van der Waals surface area contributed by atoms with Crippen LogP contribution in [0.5, 0.6) is 5.75 Å². The SMILES string of the molecule is Brc1cc(-c2ccccc2)ccc1OCCC1CCNCC1.Cl. The van der Waals surface area contributed by atoms with Gasteiger partial charge in [-0.1, -0.05) is 36.4 Å². The third kappa shape index (κ3) is 5.23. The van der Waals surface area contributed by atoms with Crippen LogP contribution in [-0.2, 0) is 0 Å². The van der Waals surface area contributed by atoms with Gasteiger partial charge in [0, 0.05) is 0 Å². The van der Waals surface area contributed by atoms with Crippen LogP contribution in [-0.4, -0.2) is 19.7 Å². The fourth-order valence-electron chi connectivity index (χ4n) is 2.93. The van der Waals surface area contributed by atoms with E-state index in [0.29, 0.717) is 0 Å². The van der Waals surface area contributed by atoms with E-state index in [9.17, 15) is 0 Å². The molecule has 2 aromatic carbocycles. The zero-order valence-corrected chi connectivity index (χ0v) is 15.5. The molecule has 0 aliphatic carbocycles. The van der Waals surface area contributed by atoms with Crippen molar-refractivity contribution in [3.8, 4) is 16.9 Å². The number of rotatable bonds is 5. The molecule has 0 aromatic heterocycles. The highest BCUT2D eigenvalue weighted by Crippen LogP contribution is 2.31. The zero-order chi connectivity index (χ0) is 15.2. The van der Waals surface area contributed by atoms with Gasteiger partial charge in [-0.2, -0.15) is 0 Å². The van der Waals surface area contributed by atoms with Gasteiger partial charge in [-0.15, -0.1) is 12.4 Å². The van der Waals surface area contributed by atoms with Crippen molar-refractivity contribution in [1.29, 1.82) is 0 Å². The van der Waals surface area contributed by atoms with E-state index < -0.39 is 0 Å². The summed E-state index contributed by atoms with van der Waals surface area (Å²) in [5.74, 6) is 1.75. The molecule has 2 aromatic rings. The predicted molar refractivity (Wildman–Crippen MR) is 103 cm³/mol. The van der Waals surface area contributed by atoms with E-state index in [0.717, 1.165) is 42.3 Å². The summed E-state index contributed by atoms with van der Waals surface area (Å²) in [6.07, 6.45) is 3.70. The van der Waals surface area contributed by atoms with Gasteiger partial charge in [-0.05, 0) is 77.5 Å². The van der Waals surface area contributed by atoms with E-state index in [-0.39, 0.29) is 12.4 Å². The lowest BCUT2D eigenvalue weighted by atomic mass is 9.95. The van der Waals surface area contributed by atoms with Crippen molar-refractivity contribution < 1.29 is 4.74 Å². The predicted octanol–water partition coefficient (Wildman–Crippen LogP) is 5.31. The Morgan fingerprint density at radius 3 is 2.43 bits per heavy atom. The fourth-order valence-corrected chi connectivity index (χ4v) is 3.43. The van der Waals surface area contributed by atoms with Gasteiger partial charge in [0.25, 0.3) is 0 Å². The van der Waals surface area contributed by atoms with E-state index in [2.05, 4.69) is 63.7 Å². The molecule has 0 radical (unpaired) electrons. The number of hydrogen-bond acceptors (Lipinski definition) is 2. The van der Waals surface area contributed by atoms with Crippen LogP contribution in [0.4, 0.5) is 0 Å². The molecular formula is C19H23BrClNO. The Labute approximate surface area is 153 Å². The molecule has 0 saturated carbocycles. The standard InChI is InChI=1S/C19H22BrNO.ClH/c20-18-14-17(16-4-2-1-3-5-16)6-7-19(18)22-13-10-15-8-11-21-12-9-15;/h1-7,14-15,21H,8-13H2;1H. The Balaban J connectivity index is 0.00000192. The number of ether oxygens (including phenoxy) is 1. The summed E-state index contributed by atoms with van der Waals surface area (Å²) in [6, 6.07) is 16.7. The van der Waals surface area contributed by atoms with Gasteiger partial charge in [-0.25, -0.2) is 0 Å². The van der Waals surface area contributed by atoms with Gasteiger partial charge in [0.2, 0.25) is 0 Å². The largest absolute Gasteiger partial charge is 0.492 e. The van der Waals surface area contributed by atoms with Gasteiger partial charge in [-0.3, -0.25) is 0 Å². The maximum Gasteiger partial charge on any atom is 0.133 e. The molecule has 0 spiro atoms. The number of nitrogens with one attached hydrogen (secondary N) is 1. The molecule has 23 heavy (non-hydrogen) atoms. The van der Waals surface area contributed by atoms with Crippen molar-refractivity contribution in [3.63, 3.8) is 0 Å². The molecule has 0 bridgehead atoms. The molecule has 1 heterocycles. The van der Waals surface area contributed by atoms with Crippen LogP contribution in [0, 0.1) is 5.92 Å². The molecule has 1 fully saturated rings. The second-order valence-electron chi connectivity index (χ2n) is 5.84. The van der Waals surface area contributed by atoms with Gasteiger partial charge in [0.05, 0.1) is 11.1 Å². The number of hydrogen-bond donors (Lipinski definition) is 1. The first-order valence-electron chi connectivity index (χ1n) is 8.01. The van der Waals surface area contributed by atoms with Crippen LogP contribution in [0.25, 0.3) is 11.1 Å². The van der Waals surface area contributed by atoms with Crippen LogP contribution in [0.15, 0.2) is 53.0 Å². The van der Waals surface area contributed by atoms with E-state index in [1.807, 2.05) is 6.07 Å². The summed E-state index contributed by atoms with van der Waals surface area (Å²) in [5.41, 5.74) is 2.43. The first kappa shape index (κ1) is 18.3. The highest BCUT2D eigenvalue weighted by molar-refractivity contribution is 9.10. The first-order valence-corrected chi connectivity index (χ1v) is 8.81. The molecule has 4 heteroatoms. The molecule has 124 valence electrons. The van der Waals surface area contributed by atoms with Crippen molar-refractivity contribution in [2.24, 2.45) is 5.92 Å². The molecule has 2 nitrogen and oxygen atoms in total. The van der Waals surface area contributed by atoms with Crippen LogP contribution in [0.3, 0.4) is 0 Å². The number of benzene rings is 2. The second-order valence-corrected chi connectivity index (χ2v) is 6.70. The zero-order valence-electron chi connectivity index (χ0n) is 13.1. The van der Waals surface area contributed by atoms with Crippen LogP contribution < -0.4 is 10.1 Å². The lowest BCUT2D eigenvalue weighted by Gasteiger charge is -2.22. The summed E-state index contributed by atoms with van der Waals surface area (Å²) < 4.78 is 6.99. The average Bonchev–Trinajstić information content (AvgIpc) is 2.58. The first-order chi connectivity index (χ1) is 10.8. The normalized spacial score (nSPS) is 15.0. The minimum Gasteiger partial charge on any atom is -0.492 e. The molecule has 0 amide bonds. The summed E-state index contributed by atoms with van der Waals surface area (Å²) in [5, 5.41) is 3.41. The Morgan fingerprint density at radius 2 is 1.74 bits per heavy atom. The Bertz CT molecular complexity index is 600. The van der Waals surface area contributed by atoms with Crippen LogP contribution in [0.2, 0.25) is 0 Å². The van der Waals surface area contributed by atoms with Crippen molar-refractivity contribution in [1.82, 2.24) is 5.32 Å². The maximum atomic E-state index is 5.96. The van der Waals surface area contributed by atoms with Crippen molar-refractivity contribution in [3.05, 3.63) is 53.0 Å². The summed E-state index contributed by atoms with van der Waals surface area (Å²) in [7, 11) is 0. The van der Waals surface area contributed by atoms with Gasteiger partial charge in [0.1, 0.15) is 5.75 Å². The van der Waals surface area contributed by atoms with Crippen LogP contribution >= 0.6 is 28.3 Å². The summed E-state index contributed by atoms with van der Waals surface area (Å²) >= 11 is 3.64. The summed E-state index contributed by atoms with van der Waals surface area (Å²) in [4.78, 5) is 0. The van der Waals surface area contributed by atoms with E-state index in [1.165, 1.54) is 24.0 Å². The minimum atomic E-state index is 0. The van der Waals surface area contributed by atoms with Crippen molar-refractivity contribution >= 4 is 28.3 Å². The van der Waals surface area contributed by atoms with Crippen molar-refractivity contribution in [2.45, 2.75) is 19.3 Å². The third-order valence-corrected chi connectivity index (χ3v) is 4.90. The van der Waals surface area contributed by atoms with Gasteiger partial charge in [0.15, 0.2) is 0 Å². The van der Waals surface area contributed by atoms with Crippen molar-refractivity contribution in [2.75, 3.05) is 19.7 Å². The van der Waals surface area contributed by atoms with E-state index in [1.54, 1.807) is 0 Å². The quantitative estimate of drug-likeness (QED) is 0.740. The van der Waals surface area contributed by atoms with E-state index >= 15 is 0 Å². The highest BCUT2D eigenvalue weighted by atomic mass is 79.9. The lowest BCUT2D eigenvalue weighted by Crippen LogP contribution is -2.28.